The summed E-state index contributed by atoms with van der Waals surface area (Å²) in [5, 5.41) is 12.7. The first-order chi connectivity index (χ1) is 23.4. The van der Waals surface area contributed by atoms with Crippen LogP contribution in [0.4, 0.5) is 23.0 Å². The van der Waals surface area contributed by atoms with Crippen LogP contribution in [0, 0.1) is 6.92 Å². The maximum Gasteiger partial charge on any atom is 0.257 e. The average molecular weight is 640 g/mol. The summed E-state index contributed by atoms with van der Waals surface area (Å²) in [7, 11) is 5.40. The Morgan fingerprint density at radius 2 is 1.77 bits per heavy atom. The van der Waals surface area contributed by atoms with E-state index in [0.717, 1.165) is 64.0 Å². The Morgan fingerprint density at radius 3 is 2.62 bits per heavy atom. The molecular weight excluding hydrogens is 602 g/mol. The number of nitrogens with zero attached hydrogens (tertiary/aromatic N) is 4. The predicted octanol–water partition coefficient (Wildman–Crippen LogP) is 7.10. The fraction of sp³-hybridized carbons (Fsp3) is 0.211. The molecule has 48 heavy (non-hydrogen) atoms. The van der Waals surface area contributed by atoms with Crippen LogP contribution in [-0.4, -0.2) is 53.6 Å². The van der Waals surface area contributed by atoms with Gasteiger partial charge in [0.25, 0.3) is 5.91 Å². The van der Waals surface area contributed by atoms with E-state index in [1.165, 1.54) is 17.5 Å². The first-order valence-corrected chi connectivity index (χ1v) is 15.9. The number of hydrogen-bond donors (Lipinski definition) is 3. The Bertz CT molecular complexity index is 2170. The maximum absolute atomic E-state index is 13.9. The Labute approximate surface area is 279 Å². The van der Waals surface area contributed by atoms with Crippen molar-refractivity contribution in [3.63, 3.8) is 0 Å². The van der Waals surface area contributed by atoms with E-state index in [-0.39, 0.29) is 5.91 Å². The van der Waals surface area contributed by atoms with Crippen LogP contribution in [0.3, 0.4) is 0 Å². The number of carbonyl (C=O) groups excluding carboxylic acids is 1. The Kier molecular flexibility index (Phi) is 8.48. The van der Waals surface area contributed by atoms with E-state index in [1.54, 1.807) is 26.5 Å². The zero-order chi connectivity index (χ0) is 33.2. The predicted molar refractivity (Wildman–Crippen MR) is 191 cm³/mol. The van der Waals surface area contributed by atoms with Gasteiger partial charge >= 0.3 is 0 Å². The largest absolute Gasteiger partial charge is 0.497 e. The highest BCUT2D eigenvalue weighted by Gasteiger charge is 2.18. The first-order valence-electron chi connectivity index (χ1n) is 15.9. The molecule has 0 radical (unpaired) electrons. The lowest BCUT2D eigenvalue weighted by Crippen LogP contribution is -2.26. The molecular formula is C38H37N7O3. The Hall–Kier alpha value is -5.74. The number of fused-ring (bicyclic) bond motifs is 3. The van der Waals surface area contributed by atoms with Crippen molar-refractivity contribution in [2.24, 2.45) is 0 Å². The number of amides is 1. The molecule has 242 valence electrons. The molecule has 0 saturated heterocycles. The molecule has 7 rings (SSSR count). The second kappa shape index (κ2) is 13.2. The minimum absolute atomic E-state index is 0.261. The summed E-state index contributed by atoms with van der Waals surface area (Å²) >= 11 is 0. The summed E-state index contributed by atoms with van der Waals surface area (Å²) in [4.78, 5) is 30.0. The van der Waals surface area contributed by atoms with Crippen molar-refractivity contribution in [3.8, 4) is 11.5 Å². The van der Waals surface area contributed by atoms with Crippen LogP contribution in [0.25, 0.3) is 21.7 Å². The number of pyridine rings is 1. The number of rotatable bonds is 9. The summed E-state index contributed by atoms with van der Waals surface area (Å²) in [6, 6.07) is 23.7. The van der Waals surface area contributed by atoms with Crippen molar-refractivity contribution in [1.82, 2.24) is 19.9 Å². The number of anilines is 4. The lowest BCUT2D eigenvalue weighted by atomic mass is 9.99. The lowest BCUT2D eigenvalue weighted by Gasteiger charge is -2.25. The molecule has 6 aromatic rings. The van der Waals surface area contributed by atoms with Crippen LogP contribution in [-0.2, 0) is 19.5 Å². The van der Waals surface area contributed by atoms with E-state index in [9.17, 15) is 4.79 Å². The van der Waals surface area contributed by atoms with Gasteiger partial charge in [-0.1, -0.05) is 24.3 Å². The number of benzene rings is 4. The van der Waals surface area contributed by atoms with Crippen LogP contribution in [0.2, 0.25) is 0 Å². The number of ether oxygens (including phenoxy) is 2. The molecule has 0 aliphatic carbocycles. The number of aryl methyl sites for hydroxylation is 1. The molecule has 10 nitrogen and oxygen atoms in total. The van der Waals surface area contributed by atoms with E-state index in [1.807, 2.05) is 55.5 Å². The number of para-hydroxylation sites is 1. The van der Waals surface area contributed by atoms with Crippen LogP contribution in [0.15, 0.2) is 85.3 Å². The smallest absolute Gasteiger partial charge is 0.257 e. The summed E-state index contributed by atoms with van der Waals surface area (Å²) in [5.41, 5.74) is 7.31. The molecule has 0 fully saturated rings. The monoisotopic (exact) mass is 639 g/mol. The molecule has 1 aliphatic heterocycles. The fourth-order valence-electron chi connectivity index (χ4n) is 6.31. The van der Waals surface area contributed by atoms with Gasteiger partial charge in [0.2, 0.25) is 0 Å². The summed E-state index contributed by atoms with van der Waals surface area (Å²) in [6.07, 6.45) is 4.30. The minimum atomic E-state index is -0.261. The van der Waals surface area contributed by atoms with Gasteiger partial charge in [0.15, 0.2) is 0 Å². The van der Waals surface area contributed by atoms with Crippen molar-refractivity contribution in [2.75, 3.05) is 43.8 Å². The van der Waals surface area contributed by atoms with Gasteiger partial charge in [0.05, 0.1) is 31.0 Å². The quantitative estimate of drug-likeness (QED) is 0.152. The molecule has 0 unspecified atom stereocenters. The van der Waals surface area contributed by atoms with Crippen LogP contribution >= 0.6 is 0 Å². The van der Waals surface area contributed by atoms with Crippen molar-refractivity contribution in [2.45, 2.75) is 26.4 Å². The highest BCUT2D eigenvalue weighted by atomic mass is 16.5. The standard InChI is InChI=1S/C38H37N7O3/c1-23-8-13-30-29(14-16-39-37(30)43-27-11-9-24-15-17-45(2)21-26(24)18-27)34(23)44-38(46)32-7-5-6-31-35(32)41-22-42-36(31)40-20-25-10-12-28(47-3)19-33(25)48-4/h5-14,16,18-19,22H,15,17,20-21H2,1-4H3,(H,39,43)(H,44,46)(H,40,41,42). The number of nitrogens with one attached hydrogen (secondary N) is 3. The highest BCUT2D eigenvalue weighted by Crippen LogP contribution is 2.34. The molecule has 3 N–H and O–H groups in total. The average Bonchev–Trinajstić information content (AvgIpc) is 3.11. The third-order valence-electron chi connectivity index (χ3n) is 8.91. The lowest BCUT2D eigenvalue weighted by molar-refractivity contribution is 0.102. The molecule has 2 aromatic heterocycles. The van der Waals surface area contributed by atoms with Crippen LogP contribution < -0.4 is 25.4 Å². The number of hydrogen-bond acceptors (Lipinski definition) is 9. The normalized spacial score (nSPS) is 12.8. The summed E-state index contributed by atoms with van der Waals surface area (Å²) < 4.78 is 10.9. The highest BCUT2D eigenvalue weighted by molar-refractivity contribution is 6.16. The van der Waals surface area contributed by atoms with Gasteiger partial charge in [0.1, 0.15) is 29.5 Å². The summed E-state index contributed by atoms with van der Waals surface area (Å²) in [6.45, 7) is 4.45. The number of likely N-dealkylation sites (N-methyl/N-ethyl adjacent to an activating group) is 1. The van der Waals surface area contributed by atoms with E-state index in [0.29, 0.717) is 34.9 Å². The SMILES string of the molecule is COc1ccc(CNc2ncnc3c(C(=O)Nc4c(C)ccc5c(Nc6ccc7c(c6)CN(C)CC7)nccc45)cccc23)c(OC)c1. The summed E-state index contributed by atoms with van der Waals surface area (Å²) in [5.74, 6) is 2.50. The second-order valence-electron chi connectivity index (χ2n) is 12.0. The van der Waals surface area contributed by atoms with Gasteiger partial charge in [-0.3, -0.25) is 4.79 Å². The molecule has 0 atom stereocenters. The van der Waals surface area contributed by atoms with Crippen LogP contribution in [0.5, 0.6) is 11.5 Å². The molecule has 0 saturated carbocycles. The zero-order valence-electron chi connectivity index (χ0n) is 27.4. The Balaban J connectivity index is 1.16. The van der Waals surface area contributed by atoms with E-state index < -0.39 is 0 Å². The van der Waals surface area contributed by atoms with Gasteiger partial charge in [-0.05, 0) is 79.5 Å². The van der Waals surface area contributed by atoms with E-state index in [2.05, 4.69) is 61.0 Å². The Morgan fingerprint density at radius 1 is 0.875 bits per heavy atom. The second-order valence-corrected chi connectivity index (χ2v) is 12.0. The third-order valence-corrected chi connectivity index (χ3v) is 8.91. The van der Waals surface area contributed by atoms with Crippen molar-refractivity contribution >= 4 is 50.6 Å². The molecule has 0 spiro atoms. The fourth-order valence-corrected chi connectivity index (χ4v) is 6.31. The molecule has 1 aliphatic rings. The van der Waals surface area contributed by atoms with Gasteiger partial charge in [-0.2, -0.15) is 0 Å². The molecule has 3 heterocycles. The number of methoxy groups -OCH3 is 2. The first kappa shape index (κ1) is 30.9. The van der Waals surface area contributed by atoms with Gasteiger partial charge < -0.3 is 30.3 Å². The van der Waals surface area contributed by atoms with E-state index in [4.69, 9.17) is 9.47 Å². The van der Waals surface area contributed by atoms with Crippen molar-refractivity contribution in [1.29, 1.82) is 0 Å². The maximum atomic E-state index is 13.9. The third kappa shape index (κ3) is 6.05. The van der Waals surface area contributed by atoms with E-state index >= 15 is 0 Å². The van der Waals surface area contributed by atoms with Gasteiger partial charge in [0, 0.05) is 59.3 Å². The van der Waals surface area contributed by atoms with Crippen LogP contribution in [0.1, 0.15) is 32.6 Å². The number of carbonyl (C=O) groups is 1. The topological polar surface area (TPSA) is 114 Å². The molecule has 4 aromatic carbocycles. The minimum Gasteiger partial charge on any atom is -0.497 e. The number of aromatic nitrogens is 3. The molecule has 10 heteroatoms. The van der Waals surface area contributed by atoms with Gasteiger partial charge in [-0.15, -0.1) is 0 Å². The zero-order valence-corrected chi connectivity index (χ0v) is 27.4. The molecule has 1 amide bonds. The molecule has 0 bridgehead atoms. The van der Waals surface area contributed by atoms with Crippen molar-refractivity contribution in [3.05, 3.63) is 113 Å². The van der Waals surface area contributed by atoms with Gasteiger partial charge in [-0.25, -0.2) is 15.0 Å². The van der Waals surface area contributed by atoms with Crippen molar-refractivity contribution < 1.29 is 14.3 Å².